The summed E-state index contributed by atoms with van der Waals surface area (Å²) in [6.45, 7) is 6.00. The topological polar surface area (TPSA) is 157 Å². The van der Waals surface area contributed by atoms with Crippen LogP contribution in [0, 0.1) is 30.4 Å². The van der Waals surface area contributed by atoms with Gasteiger partial charge in [0.15, 0.2) is 10.9 Å². The number of carbonyl (C=O) groups is 3. The fourth-order valence-electron chi connectivity index (χ4n) is 10.4. The first-order chi connectivity index (χ1) is 31.2. The zero-order valence-electron chi connectivity index (χ0n) is 37.8. The van der Waals surface area contributed by atoms with E-state index in [-0.39, 0.29) is 56.2 Å². The molecule has 65 heavy (non-hydrogen) atoms. The van der Waals surface area contributed by atoms with Crippen LogP contribution in [-0.4, -0.2) is 80.5 Å². The van der Waals surface area contributed by atoms with Crippen molar-refractivity contribution in [3.63, 3.8) is 0 Å². The second-order valence-electron chi connectivity index (χ2n) is 19.0. The van der Waals surface area contributed by atoms with E-state index in [4.69, 9.17) is 24.2 Å². The van der Waals surface area contributed by atoms with Gasteiger partial charge in [0, 0.05) is 52.8 Å². The Morgan fingerprint density at radius 3 is 2.40 bits per heavy atom. The minimum atomic E-state index is -4.42. The van der Waals surface area contributed by atoms with E-state index < -0.39 is 65.7 Å². The van der Waals surface area contributed by atoms with Crippen LogP contribution in [0.4, 0.5) is 13.9 Å². The van der Waals surface area contributed by atoms with Crippen LogP contribution in [0.3, 0.4) is 0 Å². The van der Waals surface area contributed by atoms with Crippen LogP contribution < -0.4 is 14.8 Å². The Bertz CT molecular complexity index is 2440. The van der Waals surface area contributed by atoms with E-state index in [9.17, 15) is 23.8 Å². The summed E-state index contributed by atoms with van der Waals surface area (Å²) in [5.74, 6) is -2.97. The first-order valence-corrected chi connectivity index (χ1v) is 26.0. The lowest BCUT2D eigenvalue weighted by atomic mass is 9.94. The molecule has 4 aliphatic rings. The zero-order valence-corrected chi connectivity index (χ0v) is 39.5. The molecule has 2 saturated carbocycles. The van der Waals surface area contributed by atoms with Crippen molar-refractivity contribution in [1.82, 2.24) is 14.9 Å². The highest BCUT2D eigenvalue weighted by Crippen LogP contribution is 2.75. The van der Waals surface area contributed by atoms with E-state index in [2.05, 4.69) is 5.32 Å². The van der Waals surface area contributed by atoms with Gasteiger partial charge in [-0.05, 0) is 95.9 Å². The summed E-state index contributed by atoms with van der Waals surface area (Å²) in [5.41, 5.74) is 2.15. The molecule has 4 fully saturated rings. The molecule has 1 unspecified atom stereocenters. The van der Waals surface area contributed by atoms with Crippen molar-refractivity contribution in [3.8, 4) is 22.9 Å². The lowest BCUT2D eigenvalue weighted by molar-refractivity contribution is -0.154. The van der Waals surface area contributed by atoms with Gasteiger partial charge in [-0.25, -0.2) is 18.7 Å². The third-order valence-corrected chi connectivity index (χ3v) is 17.7. The monoisotopic (exact) mass is 934 g/mol. The fraction of sp³-hybridized carbons (Fsp3) is 0.571. The van der Waals surface area contributed by atoms with Gasteiger partial charge in [0.1, 0.15) is 41.0 Å². The SMILES string of the molecule is COc1ccc2c(O[C@@H]3C[C@H]4C(=O)C[C@]5(P(=O)(O)Cc6c(F)cccc6F)C[C@H]5CCCCCCC[C@H](CC(=O)OC5CCCC5)C(=O)N4C3)cc(-c3csc(NC(C)C)n3)nc2c1C. The van der Waals surface area contributed by atoms with Gasteiger partial charge < -0.3 is 29.3 Å². The van der Waals surface area contributed by atoms with Crippen molar-refractivity contribution in [2.24, 2.45) is 11.8 Å². The molecule has 2 aliphatic carbocycles. The average molecular weight is 935 g/mol. The quantitative estimate of drug-likeness (QED) is 0.103. The van der Waals surface area contributed by atoms with Crippen molar-refractivity contribution in [2.75, 3.05) is 19.0 Å². The van der Waals surface area contributed by atoms with E-state index in [1.807, 2.05) is 44.4 Å². The van der Waals surface area contributed by atoms with Crippen LogP contribution in [-0.2, 0) is 29.8 Å². The Hall–Kier alpha value is -4.46. The van der Waals surface area contributed by atoms with Crippen LogP contribution in [0.2, 0.25) is 0 Å². The van der Waals surface area contributed by atoms with Crippen molar-refractivity contribution < 1.29 is 46.8 Å². The number of thiazole rings is 1. The summed E-state index contributed by atoms with van der Waals surface area (Å²) >= 11 is 1.46. The maximum Gasteiger partial charge on any atom is 0.306 e. The first-order valence-electron chi connectivity index (χ1n) is 23.3. The minimum absolute atomic E-state index is 0.0184. The summed E-state index contributed by atoms with van der Waals surface area (Å²) in [6, 6.07) is 7.98. The van der Waals surface area contributed by atoms with Gasteiger partial charge in [0.05, 0.1) is 48.6 Å². The number of amides is 1. The molecule has 2 aromatic heterocycles. The number of pyridine rings is 1. The Morgan fingerprint density at radius 1 is 0.969 bits per heavy atom. The average Bonchev–Trinajstić information content (AvgIpc) is 3.68. The number of nitrogens with zero attached hydrogens (tertiary/aromatic N) is 3. The lowest BCUT2D eigenvalue weighted by Gasteiger charge is -2.30. The number of benzene rings is 2. The number of anilines is 1. The third kappa shape index (κ3) is 10.3. The molecule has 2 N–H and O–H groups in total. The number of rotatable bonds is 12. The number of ketones is 1. The highest BCUT2D eigenvalue weighted by Gasteiger charge is 2.66. The molecule has 0 spiro atoms. The molecule has 0 bridgehead atoms. The molecule has 16 heteroatoms. The molecule has 4 aromatic rings. The van der Waals surface area contributed by atoms with Gasteiger partial charge >= 0.3 is 5.97 Å². The van der Waals surface area contributed by atoms with Gasteiger partial charge in [-0.1, -0.05) is 38.2 Å². The molecule has 350 valence electrons. The summed E-state index contributed by atoms with van der Waals surface area (Å²) in [5, 5.41) is 5.29. The smallest absolute Gasteiger partial charge is 0.306 e. The fourth-order valence-corrected chi connectivity index (χ4v) is 13.9. The lowest BCUT2D eigenvalue weighted by Crippen LogP contribution is -2.45. The van der Waals surface area contributed by atoms with E-state index in [1.165, 1.54) is 22.3 Å². The largest absolute Gasteiger partial charge is 0.496 e. The number of fused-ring (bicyclic) bond motifs is 3. The number of esters is 1. The van der Waals surface area contributed by atoms with E-state index in [0.717, 1.165) is 74.2 Å². The standard InChI is InChI=1S/C49H61F2N4O8PS/c1-29(2)52-48-54-40(28-65-48)39-23-44(35-19-20-43(61-4)30(3)46(35)53-39)62-34-22-41-42(56)25-49(64(59,60)27-36-37(50)17-12-18-38(36)51)24-32(49)14-9-7-5-6-8-13-31(47(58)55(41)26-34)21-45(57)63-33-15-10-11-16-33/h12,17-20,23,28-29,31-34,41H,5-11,13-16,21-22,24-27H2,1-4H3,(H,52,54)(H,59,60)/t31-,32-,34-,41+,49-/m1/s1. The number of carbonyl (C=O) groups excluding carboxylic acids is 3. The molecule has 6 atom stereocenters. The number of aryl methyl sites for hydroxylation is 1. The minimum Gasteiger partial charge on any atom is -0.496 e. The highest BCUT2D eigenvalue weighted by molar-refractivity contribution is 7.59. The number of nitrogens with one attached hydrogen (secondary N) is 1. The Balaban J connectivity index is 1.14. The van der Waals surface area contributed by atoms with Crippen molar-refractivity contribution in [3.05, 3.63) is 64.5 Å². The normalized spacial score (nSPS) is 25.4. The van der Waals surface area contributed by atoms with E-state index in [1.54, 1.807) is 7.11 Å². The predicted octanol–water partition coefficient (Wildman–Crippen LogP) is 10.5. The highest BCUT2D eigenvalue weighted by atomic mass is 32.1. The predicted molar refractivity (Wildman–Crippen MR) is 247 cm³/mol. The molecule has 2 aliphatic heterocycles. The number of hydrogen-bond acceptors (Lipinski definition) is 11. The molecule has 4 heterocycles. The van der Waals surface area contributed by atoms with Crippen LogP contribution in [0.15, 0.2) is 41.8 Å². The number of Topliss-reactive ketones (excluding diaryl/α,β-unsaturated/α-hetero) is 1. The number of methoxy groups -OCH3 is 1. The number of halogens is 2. The Kier molecular flexibility index (Phi) is 14.3. The van der Waals surface area contributed by atoms with Crippen LogP contribution in [0.1, 0.15) is 121 Å². The summed E-state index contributed by atoms with van der Waals surface area (Å²) in [7, 11) is -2.83. The maximum atomic E-state index is 15.0. The van der Waals surface area contributed by atoms with Gasteiger partial charge in [-0.2, -0.15) is 0 Å². The van der Waals surface area contributed by atoms with E-state index >= 15 is 8.78 Å². The molecular weight excluding hydrogens is 874 g/mol. The molecule has 12 nitrogen and oxygen atoms in total. The van der Waals surface area contributed by atoms with Gasteiger partial charge in [-0.3, -0.25) is 18.9 Å². The number of hydrogen-bond donors (Lipinski definition) is 2. The Labute approximate surface area is 383 Å². The Morgan fingerprint density at radius 2 is 1.68 bits per heavy atom. The van der Waals surface area contributed by atoms with Crippen molar-refractivity contribution in [2.45, 2.75) is 153 Å². The molecule has 8 rings (SSSR count). The van der Waals surface area contributed by atoms with E-state index in [0.29, 0.717) is 53.1 Å². The first kappa shape index (κ1) is 47.0. The maximum absolute atomic E-state index is 15.0. The molecule has 2 saturated heterocycles. The zero-order chi connectivity index (χ0) is 46.0. The van der Waals surface area contributed by atoms with Crippen LogP contribution in [0.5, 0.6) is 11.5 Å². The number of ether oxygens (including phenoxy) is 3. The second kappa shape index (κ2) is 19.8. The summed E-state index contributed by atoms with van der Waals surface area (Å²) in [4.78, 5) is 66.7. The molecule has 0 radical (unpaired) electrons. The molecule has 2 aromatic carbocycles. The summed E-state index contributed by atoms with van der Waals surface area (Å²) < 4.78 is 63.0. The van der Waals surface area contributed by atoms with Gasteiger partial charge in [0.2, 0.25) is 13.3 Å². The second-order valence-corrected chi connectivity index (χ2v) is 22.4. The van der Waals surface area contributed by atoms with Gasteiger partial charge in [0.25, 0.3) is 0 Å². The molecule has 1 amide bonds. The van der Waals surface area contributed by atoms with Gasteiger partial charge in [-0.15, -0.1) is 11.3 Å². The van der Waals surface area contributed by atoms with Crippen molar-refractivity contribution in [1.29, 1.82) is 0 Å². The van der Waals surface area contributed by atoms with Crippen molar-refractivity contribution >= 4 is 52.4 Å². The van der Waals surface area contributed by atoms with Crippen LogP contribution >= 0.6 is 18.7 Å². The molecular formula is C49H61F2N4O8PS. The number of aromatic nitrogens is 2. The van der Waals surface area contributed by atoms with Crippen LogP contribution in [0.25, 0.3) is 22.3 Å². The summed E-state index contributed by atoms with van der Waals surface area (Å²) in [6.07, 6.45) is 6.88. The third-order valence-electron chi connectivity index (χ3n) is 14.0.